The zero-order valence-corrected chi connectivity index (χ0v) is 9.62. The minimum absolute atomic E-state index is 0.0165. The van der Waals surface area contributed by atoms with E-state index in [1.54, 1.807) is 0 Å². The molecule has 0 aliphatic carbocycles. The van der Waals surface area contributed by atoms with E-state index in [1.807, 2.05) is 18.7 Å². The molecule has 82 valence electrons. The van der Waals surface area contributed by atoms with Crippen LogP contribution in [0.5, 0.6) is 0 Å². The molecule has 1 rings (SSSR count). The smallest absolute Gasteiger partial charge is 0.410 e. The largest absolute Gasteiger partial charge is 0.447 e. The highest BCUT2D eigenvalue weighted by atomic mass is 16.6. The van der Waals surface area contributed by atoms with E-state index >= 15 is 0 Å². The number of hydrogen-bond acceptors (Lipinski definition) is 2. The van der Waals surface area contributed by atoms with Crippen LogP contribution >= 0.6 is 0 Å². The average Bonchev–Trinajstić information content (AvgIpc) is 2.08. The van der Waals surface area contributed by atoms with Crippen molar-refractivity contribution in [2.75, 3.05) is 13.1 Å². The molecular formula is C11H21NO2. The first kappa shape index (κ1) is 11.3. The molecule has 0 saturated carbocycles. The quantitative estimate of drug-likeness (QED) is 0.649. The van der Waals surface area contributed by atoms with Gasteiger partial charge in [-0.2, -0.15) is 0 Å². The molecule has 0 bridgehead atoms. The van der Waals surface area contributed by atoms with E-state index in [2.05, 4.69) is 13.8 Å². The maximum absolute atomic E-state index is 11.6. The molecule has 0 radical (unpaired) electrons. The van der Waals surface area contributed by atoms with Crippen LogP contribution in [0.15, 0.2) is 0 Å². The second kappa shape index (κ2) is 4.67. The van der Waals surface area contributed by atoms with E-state index < -0.39 is 0 Å². The summed E-state index contributed by atoms with van der Waals surface area (Å²) in [6, 6.07) is 0. The Hall–Kier alpha value is -0.730. The van der Waals surface area contributed by atoms with Crippen LogP contribution in [-0.4, -0.2) is 30.2 Å². The Balaban J connectivity index is 2.42. The van der Waals surface area contributed by atoms with Crippen LogP contribution in [0.25, 0.3) is 0 Å². The molecule has 1 fully saturated rings. The number of amides is 1. The number of carbonyl (C=O) groups excluding carboxylic acids is 1. The fourth-order valence-corrected chi connectivity index (χ4v) is 1.70. The first-order valence-corrected chi connectivity index (χ1v) is 5.46. The molecule has 2 unspecified atom stereocenters. The zero-order chi connectivity index (χ0) is 10.7. The summed E-state index contributed by atoms with van der Waals surface area (Å²) < 4.78 is 5.16. The highest BCUT2D eigenvalue weighted by molar-refractivity contribution is 5.67. The molecular weight excluding hydrogens is 178 g/mol. The Morgan fingerprint density at radius 2 is 2.00 bits per heavy atom. The maximum atomic E-state index is 11.6. The first-order chi connectivity index (χ1) is 6.50. The molecule has 0 aromatic carbocycles. The molecule has 1 aliphatic rings. The highest BCUT2D eigenvalue weighted by Gasteiger charge is 2.26. The average molecular weight is 199 g/mol. The van der Waals surface area contributed by atoms with E-state index in [-0.39, 0.29) is 12.2 Å². The van der Waals surface area contributed by atoms with Crippen molar-refractivity contribution in [3.63, 3.8) is 0 Å². The Morgan fingerprint density at radius 3 is 2.50 bits per heavy atom. The van der Waals surface area contributed by atoms with E-state index in [0.717, 1.165) is 25.4 Å². The zero-order valence-electron chi connectivity index (χ0n) is 9.62. The van der Waals surface area contributed by atoms with Gasteiger partial charge in [-0.15, -0.1) is 0 Å². The van der Waals surface area contributed by atoms with Crippen LogP contribution in [0, 0.1) is 11.8 Å². The SMILES string of the molecule is CC(C)OC(=O)N1CCC(C)C(C)C1. The molecule has 0 aromatic heterocycles. The normalized spacial score (nSPS) is 27.9. The minimum Gasteiger partial charge on any atom is -0.447 e. The number of ether oxygens (including phenoxy) is 1. The highest BCUT2D eigenvalue weighted by Crippen LogP contribution is 2.22. The number of hydrogen-bond donors (Lipinski definition) is 0. The first-order valence-electron chi connectivity index (χ1n) is 5.46. The van der Waals surface area contributed by atoms with Gasteiger partial charge >= 0.3 is 6.09 Å². The Kier molecular flexibility index (Phi) is 3.78. The van der Waals surface area contributed by atoms with E-state index in [1.165, 1.54) is 0 Å². The predicted molar refractivity (Wildman–Crippen MR) is 56.1 cm³/mol. The van der Waals surface area contributed by atoms with Gasteiger partial charge in [0.25, 0.3) is 0 Å². The van der Waals surface area contributed by atoms with Crippen molar-refractivity contribution in [2.24, 2.45) is 11.8 Å². The van der Waals surface area contributed by atoms with Gasteiger partial charge in [-0.05, 0) is 32.1 Å². The van der Waals surface area contributed by atoms with Crippen molar-refractivity contribution < 1.29 is 9.53 Å². The van der Waals surface area contributed by atoms with Gasteiger partial charge in [0.1, 0.15) is 0 Å². The van der Waals surface area contributed by atoms with Crippen molar-refractivity contribution in [1.29, 1.82) is 0 Å². The summed E-state index contributed by atoms with van der Waals surface area (Å²) in [5, 5.41) is 0. The van der Waals surface area contributed by atoms with Crippen LogP contribution in [0.4, 0.5) is 4.79 Å². The molecule has 0 aromatic rings. The Bertz CT molecular complexity index is 203. The molecule has 2 atom stereocenters. The topological polar surface area (TPSA) is 29.5 Å². The Morgan fingerprint density at radius 1 is 1.36 bits per heavy atom. The van der Waals surface area contributed by atoms with Gasteiger partial charge in [-0.25, -0.2) is 4.79 Å². The summed E-state index contributed by atoms with van der Waals surface area (Å²) >= 11 is 0. The van der Waals surface area contributed by atoms with Gasteiger partial charge in [0.2, 0.25) is 0 Å². The minimum atomic E-state index is -0.154. The fourth-order valence-electron chi connectivity index (χ4n) is 1.70. The van der Waals surface area contributed by atoms with Crippen molar-refractivity contribution in [1.82, 2.24) is 4.90 Å². The summed E-state index contributed by atoms with van der Waals surface area (Å²) in [4.78, 5) is 13.4. The lowest BCUT2D eigenvalue weighted by molar-refractivity contribution is 0.0555. The predicted octanol–water partition coefficient (Wildman–Crippen LogP) is 2.51. The second-order valence-corrected chi connectivity index (χ2v) is 4.62. The van der Waals surface area contributed by atoms with Crippen LogP contribution in [0.1, 0.15) is 34.1 Å². The van der Waals surface area contributed by atoms with Gasteiger partial charge in [-0.1, -0.05) is 13.8 Å². The van der Waals surface area contributed by atoms with Crippen LogP contribution in [0.2, 0.25) is 0 Å². The molecule has 0 spiro atoms. The lowest BCUT2D eigenvalue weighted by Gasteiger charge is -2.34. The van der Waals surface area contributed by atoms with Gasteiger partial charge in [0.05, 0.1) is 6.10 Å². The number of piperidine rings is 1. The summed E-state index contributed by atoms with van der Waals surface area (Å²) in [5.74, 6) is 1.31. The Labute approximate surface area is 86.4 Å². The van der Waals surface area contributed by atoms with E-state index in [4.69, 9.17) is 4.74 Å². The number of rotatable bonds is 1. The summed E-state index contributed by atoms with van der Waals surface area (Å²) in [6.07, 6.45) is 0.921. The molecule has 1 saturated heterocycles. The standard InChI is InChI=1S/C11H21NO2/c1-8(2)14-11(13)12-6-5-9(3)10(4)7-12/h8-10H,5-7H2,1-4H3. The monoisotopic (exact) mass is 199 g/mol. The second-order valence-electron chi connectivity index (χ2n) is 4.62. The molecule has 1 heterocycles. The summed E-state index contributed by atoms with van der Waals surface area (Å²) in [5.41, 5.74) is 0. The molecule has 1 aliphatic heterocycles. The third-order valence-corrected chi connectivity index (χ3v) is 2.93. The van der Waals surface area contributed by atoms with E-state index in [0.29, 0.717) is 5.92 Å². The summed E-state index contributed by atoms with van der Waals surface area (Å²) in [6.45, 7) is 9.89. The lowest BCUT2D eigenvalue weighted by atomic mass is 9.89. The van der Waals surface area contributed by atoms with E-state index in [9.17, 15) is 4.79 Å². The molecule has 1 amide bonds. The molecule has 3 heteroatoms. The third kappa shape index (κ3) is 2.89. The van der Waals surface area contributed by atoms with Crippen molar-refractivity contribution in [3.05, 3.63) is 0 Å². The molecule has 14 heavy (non-hydrogen) atoms. The van der Waals surface area contributed by atoms with Crippen molar-refractivity contribution >= 4 is 6.09 Å². The number of nitrogens with zero attached hydrogens (tertiary/aromatic N) is 1. The molecule has 3 nitrogen and oxygen atoms in total. The lowest BCUT2D eigenvalue weighted by Crippen LogP contribution is -2.43. The third-order valence-electron chi connectivity index (χ3n) is 2.93. The van der Waals surface area contributed by atoms with Crippen molar-refractivity contribution in [2.45, 2.75) is 40.2 Å². The van der Waals surface area contributed by atoms with Gasteiger partial charge in [0.15, 0.2) is 0 Å². The number of carbonyl (C=O) groups is 1. The summed E-state index contributed by atoms with van der Waals surface area (Å²) in [7, 11) is 0. The van der Waals surface area contributed by atoms with Gasteiger partial charge < -0.3 is 9.64 Å². The van der Waals surface area contributed by atoms with Crippen LogP contribution < -0.4 is 0 Å². The fraction of sp³-hybridized carbons (Fsp3) is 0.909. The van der Waals surface area contributed by atoms with Crippen molar-refractivity contribution in [3.8, 4) is 0 Å². The van der Waals surface area contributed by atoms with Gasteiger partial charge in [-0.3, -0.25) is 0 Å². The van der Waals surface area contributed by atoms with Crippen LogP contribution in [-0.2, 0) is 4.74 Å². The maximum Gasteiger partial charge on any atom is 0.410 e. The number of likely N-dealkylation sites (tertiary alicyclic amines) is 1. The van der Waals surface area contributed by atoms with Crippen LogP contribution in [0.3, 0.4) is 0 Å². The van der Waals surface area contributed by atoms with Gasteiger partial charge in [0, 0.05) is 13.1 Å². The molecule has 0 N–H and O–H groups in total.